The average molecular weight is 240 g/mol. The molecule has 1 saturated carbocycles. The van der Waals surface area contributed by atoms with Crippen molar-refractivity contribution in [2.75, 3.05) is 13.6 Å². The summed E-state index contributed by atoms with van der Waals surface area (Å²) in [6.45, 7) is 5.02. The van der Waals surface area contributed by atoms with E-state index in [-0.39, 0.29) is 0 Å². The lowest BCUT2D eigenvalue weighted by molar-refractivity contribution is -0.132. The van der Waals surface area contributed by atoms with Crippen molar-refractivity contribution in [3.05, 3.63) is 0 Å². The Labute approximate surface area is 106 Å². The van der Waals surface area contributed by atoms with Gasteiger partial charge >= 0.3 is 0 Å². The van der Waals surface area contributed by atoms with E-state index in [1.54, 1.807) is 0 Å². The van der Waals surface area contributed by atoms with Crippen LogP contribution >= 0.6 is 0 Å². The summed E-state index contributed by atoms with van der Waals surface area (Å²) in [6, 6.07) is 0.954. The molecule has 1 N–H and O–H groups in total. The van der Waals surface area contributed by atoms with Crippen LogP contribution in [0.4, 0.5) is 0 Å². The van der Waals surface area contributed by atoms with E-state index in [9.17, 15) is 4.79 Å². The molecule has 17 heavy (non-hydrogen) atoms. The van der Waals surface area contributed by atoms with Gasteiger partial charge in [0, 0.05) is 32.1 Å². The number of carbonyl (C=O) groups is 1. The molecule has 0 spiro atoms. The molecule has 0 heterocycles. The van der Waals surface area contributed by atoms with Gasteiger partial charge in [-0.2, -0.15) is 0 Å². The van der Waals surface area contributed by atoms with Gasteiger partial charge in [-0.3, -0.25) is 4.79 Å². The Hall–Kier alpha value is -0.570. The molecule has 1 aliphatic carbocycles. The minimum Gasteiger partial charge on any atom is -0.343 e. The number of hydrogen-bond donors (Lipinski definition) is 1. The maximum atomic E-state index is 12.0. The van der Waals surface area contributed by atoms with E-state index in [0.29, 0.717) is 24.4 Å². The predicted octanol–water partition coefficient (Wildman–Crippen LogP) is 2.56. The van der Waals surface area contributed by atoms with Crippen LogP contribution in [0, 0.1) is 0 Å². The van der Waals surface area contributed by atoms with Crippen LogP contribution in [0.3, 0.4) is 0 Å². The first-order valence-electron chi connectivity index (χ1n) is 7.10. The zero-order chi connectivity index (χ0) is 12.7. The van der Waals surface area contributed by atoms with Crippen LogP contribution in [0.25, 0.3) is 0 Å². The molecule has 3 nitrogen and oxygen atoms in total. The fourth-order valence-corrected chi connectivity index (χ4v) is 2.49. The molecule has 3 heteroatoms. The van der Waals surface area contributed by atoms with Crippen LogP contribution < -0.4 is 5.32 Å². The van der Waals surface area contributed by atoms with Gasteiger partial charge in [-0.15, -0.1) is 0 Å². The molecular formula is C14H28N2O. The fourth-order valence-electron chi connectivity index (χ4n) is 2.49. The highest BCUT2D eigenvalue weighted by molar-refractivity contribution is 5.76. The summed E-state index contributed by atoms with van der Waals surface area (Å²) >= 11 is 0. The van der Waals surface area contributed by atoms with E-state index in [1.165, 1.54) is 38.5 Å². The molecular weight excluding hydrogens is 212 g/mol. The third-order valence-corrected chi connectivity index (χ3v) is 3.66. The highest BCUT2D eigenvalue weighted by Gasteiger charge is 2.20. The number of nitrogens with zero attached hydrogens (tertiary/aromatic N) is 1. The molecule has 0 bridgehead atoms. The van der Waals surface area contributed by atoms with Crippen molar-refractivity contribution in [1.29, 1.82) is 0 Å². The number of carbonyl (C=O) groups excluding carboxylic acids is 1. The lowest BCUT2D eigenvalue weighted by Gasteiger charge is -2.27. The molecule has 0 aromatic carbocycles. The van der Waals surface area contributed by atoms with Crippen LogP contribution in [0.2, 0.25) is 0 Å². The molecule has 0 saturated heterocycles. The summed E-state index contributed by atoms with van der Waals surface area (Å²) in [4.78, 5) is 14.0. The average Bonchev–Trinajstić information content (AvgIpc) is 2.55. The molecule has 1 aliphatic rings. The Morgan fingerprint density at radius 2 is 1.82 bits per heavy atom. The number of rotatable bonds is 5. The fraction of sp³-hybridized carbons (Fsp3) is 0.929. The molecule has 1 rings (SSSR count). The zero-order valence-electron chi connectivity index (χ0n) is 11.7. The molecule has 0 radical (unpaired) electrons. The summed E-state index contributed by atoms with van der Waals surface area (Å²) in [5.74, 6) is 0.296. The van der Waals surface area contributed by atoms with Gasteiger partial charge in [0.1, 0.15) is 0 Å². The summed E-state index contributed by atoms with van der Waals surface area (Å²) in [5, 5.41) is 3.30. The second-order valence-corrected chi connectivity index (χ2v) is 5.51. The van der Waals surface area contributed by atoms with Gasteiger partial charge in [0.2, 0.25) is 5.91 Å². The SMILES string of the molecule is CC(C)NCCC(=O)N(C)C1CCCCCC1. The zero-order valence-corrected chi connectivity index (χ0v) is 11.7. The molecule has 1 amide bonds. The van der Waals surface area contributed by atoms with Crippen molar-refractivity contribution in [1.82, 2.24) is 10.2 Å². The topological polar surface area (TPSA) is 32.3 Å². The highest BCUT2D eigenvalue weighted by atomic mass is 16.2. The maximum absolute atomic E-state index is 12.0. The van der Waals surface area contributed by atoms with Crippen molar-refractivity contribution in [3.63, 3.8) is 0 Å². The summed E-state index contributed by atoms with van der Waals surface area (Å²) < 4.78 is 0. The first kappa shape index (κ1) is 14.5. The Morgan fingerprint density at radius 3 is 2.35 bits per heavy atom. The van der Waals surface area contributed by atoms with Crippen molar-refractivity contribution >= 4 is 5.91 Å². The second-order valence-electron chi connectivity index (χ2n) is 5.51. The summed E-state index contributed by atoms with van der Waals surface area (Å²) in [7, 11) is 1.98. The van der Waals surface area contributed by atoms with Crippen molar-refractivity contribution in [2.45, 2.75) is 70.9 Å². The molecule has 0 aromatic rings. The standard InChI is InChI=1S/C14H28N2O/c1-12(2)15-11-10-14(17)16(3)13-8-6-4-5-7-9-13/h12-13,15H,4-11H2,1-3H3. The number of amides is 1. The van der Waals surface area contributed by atoms with Crippen LogP contribution in [0.15, 0.2) is 0 Å². The monoisotopic (exact) mass is 240 g/mol. The van der Waals surface area contributed by atoms with E-state index in [0.717, 1.165) is 6.54 Å². The normalized spacial score (nSPS) is 18.1. The van der Waals surface area contributed by atoms with Crippen LogP contribution in [0.1, 0.15) is 58.8 Å². The summed E-state index contributed by atoms with van der Waals surface area (Å²) in [6.07, 6.45) is 8.27. The number of nitrogens with one attached hydrogen (secondary N) is 1. The Kier molecular flexibility index (Phi) is 6.56. The lowest BCUT2D eigenvalue weighted by atomic mass is 10.1. The third-order valence-electron chi connectivity index (χ3n) is 3.66. The molecule has 0 atom stereocenters. The van der Waals surface area contributed by atoms with Gasteiger partial charge in [-0.25, -0.2) is 0 Å². The van der Waals surface area contributed by atoms with Crippen molar-refractivity contribution < 1.29 is 4.79 Å². The van der Waals surface area contributed by atoms with Gasteiger partial charge in [0.05, 0.1) is 0 Å². The molecule has 100 valence electrons. The van der Waals surface area contributed by atoms with Crippen LogP contribution in [-0.4, -0.2) is 36.5 Å². The predicted molar refractivity (Wildman–Crippen MR) is 72.0 cm³/mol. The van der Waals surface area contributed by atoms with Crippen molar-refractivity contribution in [2.24, 2.45) is 0 Å². The first-order valence-corrected chi connectivity index (χ1v) is 7.10. The van der Waals surface area contributed by atoms with E-state index in [2.05, 4.69) is 19.2 Å². The number of hydrogen-bond acceptors (Lipinski definition) is 2. The van der Waals surface area contributed by atoms with Gasteiger partial charge in [0.25, 0.3) is 0 Å². The largest absolute Gasteiger partial charge is 0.343 e. The van der Waals surface area contributed by atoms with E-state index in [1.807, 2.05) is 11.9 Å². The minimum absolute atomic E-state index is 0.296. The first-order chi connectivity index (χ1) is 8.11. The van der Waals surface area contributed by atoms with E-state index >= 15 is 0 Å². The second kappa shape index (κ2) is 7.70. The smallest absolute Gasteiger partial charge is 0.223 e. The molecule has 0 aliphatic heterocycles. The van der Waals surface area contributed by atoms with E-state index < -0.39 is 0 Å². The molecule has 1 fully saturated rings. The minimum atomic E-state index is 0.296. The van der Waals surface area contributed by atoms with Crippen LogP contribution in [-0.2, 0) is 4.79 Å². The Balaban J connectivity index is 2.29. The maximum Gasteiger partial charge on any atom is 0.223 e. The Bertz CT molecular complexity index is 220. The van der Waals surface area contributed by atoms with Crippen LogP contribution in [0.5, 0.6) is 0 Å². The Morgan fingerprint density at radius 1 is 1.24 bits per heavy atom. The highest BCUT2D eigenvalue weighted by Crippen LogP contribution is 2.21. The lowest BCUT2D eigenvalue weighted by Crippen LogP contribution is -2.38. The van der Waals surface area contributed by atoms with Gasteiger partial charge in [0.15, 0.2) is 0 Å². The molecule has 0 unspecified atom stereocenters. The van der Waals surface area contributed by atoms with Crippen molar-refractivity contribution in [3.8, 4) is 0 Å². The molecule has 0 aromatic heterocycles. The quantitative estimate of drug-likeness (QED) is 0.749. The van der Waals surface area contributed by atoms with Gasteiger partial charge < -0.3 is 10.2 Å². The third kappa shape index (κ3) is 5.53. The summed E-state index contributed by atoms with van der Waals surface area (Å²) in [5.41, 5.74) is 0. The van der Waals surface area contributed by atoms with Gasteiger partial charge in [-0.05, 0) is 12.8 Å². The van der Waals surface area contributed by atoms with Gasteiger partial charge in [-0.1, -0.05) is 39.5 Å². The van der Waals surface area contributed by atoms with E-state index in [4.69, 9.17) is 0 Å².